The Bertz CT molecular complexity index is 447. The minimum atomic E-state index is -0.164. The third kappa shape index (κ3) is 3.87. The van der Waals surface area contributed by atoms with Gasteiger partial charge in [-0.3, -0.25) is 0 Å². The van der Waals surface area contributed by atoms with Crippen molar-refractivity contribution < 1.29 is 9.53 Å². The molecule has 0 saturated carbocycles. The van der Waals surface area contributed by atoms with Gasteiger partial charge in [0.05, 0.1) is 7.11 Å². The van der Waals surface area contributed by atoms with Crippen molar-refractivity contribution in [2.45, 2.75) is 44.8 Å². The number of methoxy groups -OCH3 is 1. The zero-order valence-electron chi connectivity index (χ0n) is 12.3. The summed E-state index contributed by atoms with van der Waals surface area (Å²) in [5.74, 6) is 0.773. The maximum atomic E-state index is 12.0. The lowest BCUT2D eigenvalue weighted by molar-refractivity contribution is 0.232. The van der Waals surface area contributed by atoms with Crippen LogP contribution in [0, 0.1) is 0 Å². The zero-order chi connectivity index (χ0) is 14.5. The van der Waals surface area contributed by atoms with E-state index in [1.165, 1.54) is 0 Å². The number of urea groups is 1. The molecule has 3 N–H and O–H groups in total. The predicted molar refractivity (Wildman–Crippen MR) is 80.2 cm³/mol. The Morgan fingerprint density at radius 3 is 2.55 bits per heavy atom. The first kappa shape index (κ1) is 14.7. The van der Waals surface area contributed by atoms with E-state index in [1.807, 2.05) is 24.3 Å². The predicted octanol–water partition coefficient (Wildman–Crippen LogP) is 2.35. The summed E-state index contributed by atoms with van der Waals surface area (Å²) in [6.45, 7) is 4.28. The van der Waals surface area contributed by atoms with Crippen LogP contribution in [0.2, 0.25) is 0 Å². The summed E-state index contributed by atoms with van der Waals surface area (Å²) in [4.78, 5) is 12.0. The first-order valence-electron chi connectivity index (χ1n) is 7.06. The lowest BCUT2D eigenvalue weighted by Crippen LogP contribution is -2.55. The quantitative estimate of drug-likeness (QED) is 0.794. The Hall–Kier alpha value is -1.75. The summed E-state index contributed by atoms with van der Waals surface area (Å²) in [6, 6.07) is 8.11. The van der Waals surface area contributed by atoms with Crippen molar-refractivity contribution in [1.29, 1.82) is 0 Å². The Morgan fingerprint density at radius 1 is 1.25 bits per heavy atom. The molecule has 1 aliphatic rings. The molecule has 3 unspecified atom stereocenters. The van der Waals surface area contributed by atoms with Gasteiger partial charge in [-0.05, 0) is 51.0 Å². The van der Waals surface area contributed by atoms with Gasteiger partial charge < -0.3 is 20.7 Å². The van der Waals surface area contributed by atoms with E-state index in [4.69, 9.17) is 4.74 Å². The fourth-order valence-electron chi connectivity index (χ4n) is 2.53. The maximum Gasteiger partial charge on any atom is 0.319 e. The van der Waals surface area contributed by atoms with Crippen LogP contribution >= 0.6 is 0 Å². The number of anilines is 1. The van der Waals surface area contributed by atoms with E-state index in [2.05, 4.69) is 29.8 Å². The largest absolute Gasteiger partial charge is 0.497 e. The van der Waals surface area contributed by atoms with Crippen molar-refractivity contribution in [3.8, 4) is 5.75 Å². The summed E-state index contributed by atoms with van der Waals surface area (Å²) < 4.78 is 5.08. The second-order valence-electron chi connectivity index (χ2n) is 5.37. The average Bonchev–Trinajstić information content (AvgIpc) is 2.43. The molecule has 5 heteroatoms. The van der Waals surface area contributed by atoms with Gasteiger partial charge in [-0.25, -0.2) is 4.79 Å². The standard InChI is InChI=1S/C15H23N3O2/c1-10-4-9-14(11(2)16-10)18-15(19)17-12-5-7-13(20-3)8-6-12/h5-8,10-11,14,16H,4,9H2,1-3H3,(H2,17,18,19). The molecule has 20 heavy (non-hydrogen) atoms. The Kier molecular flexibility index (Phi) is 4.84. The molecule has 1 saturated heterocycles. The van der Waals surface area contributed by atoms with Crippen molar-refractivity contribution in [3.63, 3.8) is 0 Å². The van der Waals surface area contributed by atoms with E-state index < -0.39 is 0 Å². The number of piperidine rings is 1. The van der Waals surface area contributed by atoms with Gasteiger partial charge in [-0.2, -0.15) is 0 Å². The maximum absolute atomic E-state index is 12.0. The molecule has 0 spiro atoms. The molecule has 2 rings (SSSR count). The fraction of sp³-hybridized carbons (Fsp3) is 0.533. The lowest BCUT2D eigenvalue weighted by atomic mass is 9.95. The van der Waals surface area contributed by atoms with E-state index >= 15 is 0 Å². The van der Waals surface area contributed by atoms with E-state index in [0.29, 0.717) is 12.1 Å². The second-order valence-corrected chi connectivity index (χ2v) is 5.37. The monoisotopic (exact) mass is 277 g/mol. The van der Waals surface area contributed by atoms with Gasteiger partial charge in [0.15, 0.2) is 0 Å². The minimum Gasteiger partial charge on any atom is -0.497 e. The first-order valence-corrected chi connectivity index (χ1v) is 7.06. The highest BCUT2D eigenvalue weighted by Crippen LogP contribution is 2.16. The molecule has 1 aromatic rings. The van der Waals surface area contributed by atoms with Crippen molar-refractivity contribution >= 4 is 11.7 Å². The molecule has 0 aliphatic carbocycles. The highest BCUT2D eigenvalue weighted by molar-refractivity contribution is 5.89. The molecule has 5 nitrogen and oxygen atoms in total. The Balaban J connectivity index is 1.85. The Labute approximate surface area is 120 Å². The fourth-order valence-corrected chi connectivity index (χ4v) is 2.53. The topological polar surface area (TPSA) is 62.4 Å². The number of benzene rings is 1. The van der Waals surface area contributed by atoms with Crippen LogP contribution in [0.4, 0.5) is 10.5 Å². The molecule has 1 fully saturated rings. The Morgan fingerprint density at radius 2 is 1.95 bits per heavy atom. The molecule has 1 aromatic carbocycles. The van der Waals surface area contributed by atoms with Crippen molar-refractivity contribution in [1.82, 2.24) is 10.6 Å². The molecule has 110 valence electrons. The summed E-state index contributed by atoms with van der Waals surface area (Å²) in [7, 11) is 1.62. The van der Waals surface area contributed by atoms with Gasteiger partial charge in [-0.1, -0.05) is 0 Å². The molecule has 0 aromatic heterocycles. The number of nitrogens with one attached hydrogen (secondary N) is 3. The summed E-state index contributed by atoms with van der Waals surface area (Å²) in [6.07, 6.45) is 2.09. The summed E-state index contributed by atoms with van der Waals surface area (Å²) >= 11 is 0. The number of hydrogen-bond donors (Lipinski definition) is 3. The van der Waals surface area contributed by atoms with Gasteiger partial charge in [0.1, 0.15) is 5.75 Å². The van der Waals surface area contributed by atoms with Crippen molar-refractivity contribution in [3.05, 3.63) is 24.3 Å². The SMILES string of the molecule is COc1ccc(NC(=O)NC2CCC(C)NC2C)cc1. The number of hydrogen-bond acceptors (Lipinski definition) is 3. The van der Waals surface area contributed by atoms with Crippen LogP contribution in [-0.4, -0.2) is 31.3 Å². The molecule has 2 amide bonds. The minimum absolute atomic E-state index is 0.164. The number of rotatable bonds is 3. The van der Waals surface area contributed by atoms with E-state index in [-0.39, 0.29) is 12.1 Å². The van der Waals surface area contributed by atoms with E-state index in [9.17, 15) is 4.79 Å². The highest BCUT2D eigenvalue weighted by Gasteiger charge is 2.25. The van der Waals surface area contributed by atoms with Gasteiger partial charge >= 0.3 is 6.03 Å². The third-order valence-corrected chi connectivity index (χ3v) is 3.73. The van der Waals surface area contributed by atoms with Crippen LogP contribution in [0.3, 0.4) is 0 Å². The second kappa shape index (κ2) is 6.61. The van der Waals surface area contributed by atoms with Gasteiger partial charge in [0, 0.05) is 23.8 Å². The number of amides is 2. The normalized spacial score (nSPS) is 25.9. The van der Waals surface area contributed by atoms with E-state index in [0.717, 1.165) is 24.3 Å². The summed E-state index contributed by atoms with van der Waals surface area (Å²) in [5.41, 5.74) is 0.757. The zero-order valence-corrected chi connectivity index (χ0v) is 12.3. The molecule has 1 heterocycles. The van der Waals surface area contributed by atoms with Crippen LogP contribution in [-0.2, 0) is 0 Å². The smallest absolute Gasteiger partial charge is 0.319 e. The van der Waals surface area contributed by atoms with Crippen molar-refractivity contribution in [2.75, 3.05) is 12.4 Å². The molecule has 0 radical (unpaired) electrons. The van der Waals surface area contributed by atoms with Crippen LogP contribution in [0.1, 0.15) is 26.7 Å². The number of carbonyl (C=O) groups excluding carboxylic acids is 1. The third-order valence-electron chi connectivity index (χ3n) is 3.73. The van der Waals surface area contributed by atoms with Crippen LogP contribution in [0.15, 0.2) is 24.3 Å². The number of ether oxygens (including phenoxy) is 1. The summed E-state index contributed by atoms with van der Waals surface area (Å²) in [5, 5.41) is 9.32. The molecule has 0 bridgehead atoms. The van der Waals surface area contributed by atoms with Gasteiger partial charge in [0.2, 0.25) is 0 Å². The lowest BCUT2D eigenvalue weighted by Gasteiger charge is -2.34. The molecular formula is C15H23N3O2. The molecule has 3 atom stereocenters. The molecular weight excluding hydrogens is 254 g/mol. The average molecular weight is 277 g/mol. The van der Waals surface area contributed by atoms with Crippen LogP contribution < -0.4 is 20.7 Å². The number of carbonyl (C=O) groups is 1. The molecule has 1 aliphatic heterocycles. The first-order chi connectivity index (χ1) is 9.58. The van der Waals surface area contributed by atoms with Crippen molar-refractivity contribution in [2.24, 2.45) is 0 Å². The van der Waals surface area contributed by atoms with E-state index in [1.54, 1.807) is 7.11 Å². The van der Waals surface area contributed by atoms with Gasteiger partial charge in [0.25, 0.3) is 0 Å². The van der Waals surface area contributed by atoms with Crippen LogP contribution in [0.25, 0.3) is 0 Å². The highest BCUT2D eigenvalue weighted by atomic mass is 16.5. The van der Waals surface area contributed by atoms with Gasteiger partial charge in [-0.15, -0.1) is 0 Å². The van der Waals surface area contributed by atoms with Crippen LogP contribution in [0.5, 0.6) is 5.75 Å².